The predicted molar refractivity (Wildman–Crippen MR) is 113 cm³/mol. The molecule has 1 heterocycles. The fraction of sp³-hybridized carbons (Fsp3) is 0.286. The van der Waals surface area contributed by atoms with Gasteiger partial charge in [-0.1, -0.05) is 17.7 Å². The summed E-state index contributed by atoms with van der Waals surface area (Å²) in [4.78, 5) is 12.4. The van der Waals surface area contributed by atoms with E-state index in [2.05, 4.69) is 15.5 Å². The molecule has 6 nitrogen and oxygen atoms in total. The summed E-state index contributed by atoms with van der Waals surface area (Å²) in [5, 5.41) is 10.1. The second-order valence-corrected chi connectivity index (χ2v) is 6.96. The van der Waals surface area contributed by atoms with E-state index in [0.29, 0.717) is 30.2 Å². The standard InChI is InChI=1S/C21H24N4O2S/c1-4-27-17-8-6-16(7-9-17)20-23-24-21(28)25(20)12-11-19(26)22-18-10-5-14(2)13-15(18)3/h5-10,13H,4,11-12H2,1-3H3,(H,22,26)(H,24,28). The number of aromatic nitrogens is 3. The number of aromatic amines is 1. The van der Waals surface area contributed by atoms with Crippen molar-refractivity contribution in [3.05, 3.63) is 58.4 Å². The summed E-state index contributed by atoms with van der Waals surface area (Å²) in [6.07, 6.45) is 0.297. The van der Waals surface area contributed by atoms with Gasteiger partial charge in [-0.2, -0.15) is 5.10 Å². The number of carbonyl (C=O) groups is 1. The van der Waals surface area contributed by atoms with Gasteiger partial charge in [-0.3, -0.25) is 14.5 Å². The van der Waals surface area contributed by atoms with E-state index in [1.165, 1.54) is 5.56 Å². The molecule has 0 unspecified atom stereocenters. The molecule has 2 N–H and O–H groups in total. The lowest BCUT2D eigenvalue weighted by atomic mass is 10.1. The van der Waals surface area contributed by atoms with Crippen molar-refractivity contribution in [3.8, 4) is 17.1 Å². The number of carbonyl (C=O) groups excluding carboxylic acids is 1. The summed E-state index contributed by atoms with van der Waals surface area (Å²) in [5.74, 6) is 1.44. The molecule has 0 aliphatic rings. The van der Waals surface area contributed by atoms with Crippen LogP contribution in [-0.2, 0) is 11.3 Å². The minimum absolute atomic E-state index is 0.0623. The van der Waals surface area contributed by atoms with Crippen molar-refractivity contribution in [1.82, 2.24) is 14.8 Å². The molecule has 0 aliphatic carbocycles. The van der Waals surface area contributed by atoms with Crippen molar-refractivity contribution in [3.63, 3.8) is 0 Å². The van der Waals surface area contributed by atoms with E-state index in [1.807, 2.05) is 67.8 Å². The van der Waals surface area contributed by atoms with E-state index in [-0.39, 0.29) is 5.91 Å². The van der Waals surface area contributed by atoms with Crippen LogP contribution in [0.5, 0.6) is 5.75 Å². The molecule has 0 saturated heterocycles. The number of hydrogen-bond acceptors (Lipinski definition) is 4. The Morgan fingerprint density at radius 2 is 1.96 bits per heavy atom. The van der Waals surface area contributed by atoms with Gasteiger partial charge in [-0.25, -0.2) is 0 Å². The second kappa shape index (κ2) is 8.84. The number of rotatable bonds is 7. The van der Waals surface area contributed by atoms with Crippen molar-refractivity contribution >= 4 is 23.8 Å². The smallest absolute Gasteiger partial charge is 0.226 e. The summed E-state index contributed by atoms with van der Waals surface area (Å²) in [7, 11) is 0. The van der Waals surface area contributed by atoms with Crippen LogP contribution in [0.2, 0.25) is 0 Å². The van der Waals surface area contributed by atoms with Crippen LogP contribution in [0.25, 0.3) is 11.4 Å². The third-order valence-electron chi connectivity index (χ3n) is 4.40. The highest BCUT2D eigenvalue weighted by molar-refractivity contribution is 7.71. The Hall–Kier alpha value is -2.93. The molecule has 3 rings (SSSR count). The van der Waals surface area contributed by atoms with Crippen LogP contribution in [0, 0.1) is 18.6 Å². The number of aryl methyl sites for hydroxylation is 2. The zero-order chi connectivity index (χ0) is 20.1. The molecule has 146 valence electrons. The van der Waals surface area contributed by atoms with Crippen LogP contribution in [-0.4, -0.2) is 27.3 Å². The maximum atomic E-state index is 12.4. The number of hydrogen-bond donors (Lipinski definition) is 2. The van der Waals surface area contributed by atoms with Gasteiger partial charge >= 0.3 is 0 Å². The van der Waals surface area contributed by atoms with E-state index < -0.39 is 0 Å². The average Bonchev–Trinajstić information content (AvgIpc) is 3.04. The van der Waals surface area contributed by atoms with Crippen LogP contribution in [0.15, 0.2) is 42.5 Å². The maximum absolute atomic E-state index is 12.4. The van der Waals surface area contributed by atoms with E-state index in [9.17, 15) is 4.79 Å². The predicted octanol–water partition coefficient (Wildman–Crippen LogP) is 4.65. The monoisotopic (exact) mass is 396 g/mol. The molecule has 28 heavy (non-hydrogen) atoms. The van der Waals surface area contributed by atoms with Gasteiger partial charge in [0.2, 0.25) is 5.91 Å². The molecular weight excluding hydrogens is 372 g/mol. The summed E-state index contributed by atoms with van der Waals surface area (Å²) in [6, 6.07) is 13.6. The van der Waals surface area contributed by atoms with Gasteiger partial charge in [-0.15, -0.1) is 0 Å². The molecule has 0 bridgehead atoms. The van der Waals surface area contributed by atoms with Crippen molar-refractivity contribution in [2.24, 2.45) is 0 Å². The normalized spacial score (nSPS) is 10.7. The Balaban J connectivity index is 1.70. The van der Waals surface area contributed by atoms with E-state index in [4.69, 9.17) is 17.0 Å². The highest BCUT2D eigenvalue weighted by Gasteiger charge is 2.12. The molecule has 0 spiro atoms. The number of ether oxygens (including phenoxy) is 1. The molecule has 3 aromatic rings. The van der Waals surface area contributed by atoms with Crippen molar-refractivity contribution < 1.29 is 9.53 Å². The highest BCUT2D eigenvalue weighted by atomic mass is 32.1. The van der Waals surface area contributed by atoms with Crippen LogP contribution in [0.4, 0.5) is 5.69 Å². The quantitative estimate of drug-likeness (QED) is 0.570. The molecule has 1 aromatic heterocycles. The minimum Gasteiger partial charge on any atom is -0.494 e. The summed E-state index contributed by atoms with van der Waals surface area (Å²) < 4.78 is 7.81. The zero-order valence-electron chi connectivity index (χ0n) is 16.3. The Morgan fingerprint density at radius 1 is 1.21 bits per heavy atom. The summed E-state index contributed by atoms with van der Waals surface area (Å²) in [6.45, 7) is 7.02. The molecule has 0 radical (unpaired) electrons. The lowest BCUT2D eigenvalue weighted by molar-refractivity contribution is -0.116. The van der Waals surface area contributed by atoms with Gasteiger partial charge in [0.15, 0.2) is 10.6 Å². The number of benzene rings is 2. The average molecular weight is 397 g/mol. The Bertz CT molecular complexity index is 1020. The fourth-order valence-electron chi connectivity index (χ4n) is 2.99. The van der Waals surface area contributed by atoms with Crippen molar-refractivity contribution in [2.45, 2.75) is 33.7 Å². The molecular formula is C21H24N4O2S. The molecule has 0 fully saturated rings. The zero-order valence-corrected chi connectivity index (χ0v) is 17.1. The Kier molecular flexibility index (Phi) is 6.26. The largest absolute Gasteiger partial charge is 0.494 e. The molecule has 7 heteroatoms. The lowest BCUT2D eigenvalue weighted by Crippen LogP contribution is -2.15. The first-order valence-electron chi connectivity index (χ1n) is 9.23. The summed E-state index contributed by atoms with van der Waals surface area (Å²) >= 11 is 5.35. The number of nitrogens with zero attached hydrogens (tertiary/aromatic N) is 2. The van der Waals surface area contributed by atoms with Gasteiger partial charge < -0.3 is 10.1 Å². The SMILES string of the molecule is CCOc1ccc(-c2n[nH]c(=S)n2CCC(=O)Nc2ccc(C)cc2C)cc1. The van der Waals surface area contributed by atoms with E-state index in [0.717, 1.165) is 22.6 Å². The first-order chi connectivity index (χ1) is 13.5. The van der Waals surface area contributed by atoms with Gasteiger partial charge in [0.1, 0.15) is 5.75 Å². The number of anilines is 1. The van der Waals surface area contributed by atoms with Crippen LogP contribution in [0.3, 0.4) is 0 Å². The Morgan fingerprint density at radius 3 is 2.64 bits per heavy atom. The first-order valence-corrected chi connectivity index (χ1v) is 9.64. The number of nitrogens with one attached hydrogen (secondary N) is 2. The third-order valence-corrected chi connectivity index (χ3v) is 4.71. The first kappa shape index (κ1) is 19.8. The van der Waals surface area contributed by atoms with Crippen molar-refractivity contribution in [2.75, 3.05) is 11.9 Å². The molecule has 2 aromatic carbocycles. The summed E-state index contributed by atoms with van der Waals surface area (Å²) in [5.41, 5.74) is 3.95. The van der Waals surface area contributed by atoms with Crippen LogP contribution in [0.1, 0.15) is 24.5 Å². The number of H-pyrrole nitrogens is 1. The van der Waals surface area contributed by atoms with E-state index in [1.54, 1.807) is 0 Å². The van der Waals surface area contributed by atoms with Crippen LogP contribution >= 0.6 is 12.2 Å². The number of amides is 1. The maximum Gasteiger partial charge on any atom is 0.226 e. The van der Waals surface area contributed by atoms with Gasteiger partial charge in [0, 0.05) is 24.2 Å². The highest BCUT2D eigenvalue weighted by Crippen LogP contribution is 2.22. The van der Waals surface area contributed by atoms with Gasteiger partial charge in [0.05, 0.1) is 6.61 Å². The molecule has 0 aliphatic heterocycles. The molecule has 0 atom stereocenters. The fourth-order valence-corrected chi connectivity index (χ4v) is 3.22. The van der Waals surface area contributed by atoms with Crippen LogP contribution < -0.4 is 10.1 Å². The molecule has 0 saturated carbocycles. The van der Waals surface area contributed by atoms with Gasteiger partial charge in [0.25, 0.3) is 0 Å². The minimum atomic E-state index is -0.0623. The topological polar surface area (TPSA) is 71.9 Å². The van der Waals surface area contributed by atoms with Crippen molar-refractivity contribution in [1.29, 1.82) is 0 Å². The van der Waals surface area contributed by atoms with E-state index >= 15 is 0 Å². The lowest BCUT2D eigenvalue weighted by Gasteiger charge is -2.11. The second-order valence-electron chi connectivity index (χ2n) is 6.58. The Labute approximate surface area is 169 Å². The third kappa shape index (κ3) is 4.67. The van der Waals surface area contributed by atoms with Gasteiger partial charge in [-0.05, 0) is 68.9 Å². The molecule has 1 amide bonds.